The van der Waals surface area contributed by atoms with Gasteiger partial charge in [0.25, 0.3) is 5.91 Å². The van der Waals surface area contributed by atoms with Crippen LogP contribution in [0.25, 0.3) is 0 Å². The Labute approximate surface area is 143 Å². The minimum absolute atomic E-state index is 0.155. The molecule has 0 atom stereocenters. The second kappa shape index (κ2) is 10.2. The van der Waals surface area contributed by atoms with Gasteiger partial charge in [-0.1, -0.05) is 6.08 Å². The summed E-state index contributed by atoms with van der Waals surface area (Å²) in [6.45, 7) is 2.97. The van der Waals surface area contributed by atoms with Gasteiger partial charge in [-0.25, -0.2) is 9.59 Å². The van der Waals surface area contributed by atoms with Gasteiger partial charge in [-0.3, -0.25) is 14.9 Å². The molecule has 0 unspecified atom stereocenters. The summed E-state index contributed by atoms with van der Waals surface area (Å²) < 4.78 is 4.77. The maximum Gasteiger partial charge on any atom is 0.338 e. The molecule has 0 aliphatic heterocycles. The smallest absolute Gasteiger partial charge is 0.338 e. The van der Waals surface area contributed by atoms with E-state index in [1.807, 2.05) is 5.32 Å². The van der Waals surface area contributed by atoms with E-state index in [-0.39, 0.29) is 18.5 Å². The fourth-order valence-electron chi connectivity index (χ4n) is 1.55. The van der Waals surface area contributed by atoms with E-state index in [2.05, 4.69) is 17.2 Å². The molecule has 4 amide bonds. The number of carbonyl (C=O) groups excluding carboxylic acids is 4. The molecule has 0 saturated heterocycles. The van der Waals surface area contributed by atoms with Gasteiger partial charge in [0.2, 0.25) is 5.91 Å². The zero-order valence-electron chi connectivity index (χ0n) is 13.2. The van der Waals surface area contributed by atoms with Crippen LogP contribution in [0.2, 0.25) is 0 Å². The third-order valence-corrected chi connectivity index (χ3v) is 2.64. The van der Waals surface area contributed by atoms with Crippen LogP contribution in [-0.4, -0.2) is 37.0 Å². The lowest BCUT2D eigenvalue weighted by Crippen LogP contribution is -2.41. The topological polar surface area (TPSA) is 137 Å². The van der Waals surface area contributed by atoms with Crippen molar-refractivity contribution in [1.29, 1.82) is 5.26 Å². The number of anilines is 1. The van der Waals surface area contributed by atoms with E-state index in [0.29, 0.717) is 5.69 Å². The summed E-state index contributed by atoms with van der Waals surface area (Å²) in [6.07, 6.45) is 1.16. The minimum Gasteiger partial charge on any atom is -0.452 e. The van der Waals surface area contributed by atoms with E-state index in [9.17, 15) is 19.2 Å². The Kier molecular flexibility index (Phi) is 7.88. The second-order valence-electron chi connectivity index (χ2n) is 4.58. The van der Waals surface area contributed by atoms with Crippen molar-refractivity contribution in [3.8, 4) is 6.07 Å². The Morgan fingerprint density at radius 3 is 2.44 bits per heavy atom. The first-order valence-corrected chi connectivity index (χ1v) is 7.08. The Morgan fingerprint density at radius 2 is 1.84 bits per heavy atom. The van der Waals surface area contributed by atoms with E-state index >= 15 is 0 Å². The van der Waals surface area contributed by atoms with Crippen LogP contribution in [0, 0.1) is 11.3 Å². The lowest BCUT2D eigenvalue weighted by atomic mass is 10.2. The van der Waals surface area contributed by atoms with Crippen molar-refractivity contribution in [2.24, 2.45) is 0 Å². The highest BCUT2D eigenvalue weighted by Gasteiger charge is 2.12. The number of amides is 4. The number of carbonyl (C=O) groups is 4. The molecule has 9 nitrogen and oxygen atoms in total. The first kappa shape index (κ1) is 19.4. The number of hydrogen-bond acceptors (Lipinski definition) is 6. The van der Waals surface area contributed by atoms with E-state index in [1.165, 1.54) is 30.3 Å². The van der Waals surface area contributed by atoms with Crippen LogP contribution in [0.3, 0.4) is 0 Å². The molecule has 0 saturated carbocycles. The highest BCUT2D eigenvalue weighted by molar-refractivity contribution is 5.97. The predicted octanol–water partition coefficient (Wildman–Crippen LogP) is 0.707. The van der Waals surface area contributed by atoms with Gasteiger partial charge in [-0.2, -0.15) is 5.26 Å². The summed E-state index contributed by atoms with van der Waals surface area (Å²) in [5, 5.41) is 15.2. The van der Waals surface area contributed by atoms with Gasteiger partial charge < -0.3 is 15.4 Å². The van der Waals surface area contributed by atoms with Crippen LogP contribution >= 0.6 is 0 Å². The zero-order chi connectivity index (χ0) is 18.7. The van der Waals surface area contributed by atoms with Gasteiger partial charge in [-0.15, -0.1) is 6.58 Å². The maximum atomic E-state index is 11.8. The van der Waals surface area contributed by atoms with E-state index in [4.69, 9.17) is 10.00 Å². The zero-order valence-corrected chi connectivity index (χ0v) is 13.2. The van der Waals surface area contributed by atoms with Crippen LogP contribution in [-0.2, 0) is 14.3 Å². The molecule has 1 aromatic carbocycles. The average Bonchev–Trinajstić information content (AvgIpc) is 2.58. The Hall–Kier alpha value is -3.67. The molecule has 0 fully saturated rings. The summed E-state index contributed by atoms with van der Waals surface area (Å²) >= 11 is 0. The largest absolute Gasteiger partial charge is 0.452 e. The Bertz CT molecular complexity index is 706. The molecule has 25 heavy (non-hydrogen) atoms. The summed E-state index contributed by atoms with van der Waals surface area (Å²) in [6, 6.07) is 6.67. The SMILES string of the molecule is C=CCNC(=O)NC(=O)COC(=O)c1ccc(NC(=O)CC#N)cc1. The van der Waals surface area contributed by atoms with E-state index in [0.717, 1.165) is 0 Å². The number of ether oxygens (including phenoxy) is 1. The highest BCUT2D eigenvalue weighted by atomic mass is 16.5. The maximum absolute atomic E-state index is 11.8. The van der Waals surface area contributed by atoms with Crippen LogP contribution in [0.5, 0.6) is 0 Å². The van der Waals surface area contributed by atoms with Gasteiger partial charge in [0.15, 0.2) is 6.61 Å². The molecule has 0 aliphatic carbocycles. The lowest BCUT2D eigenvalue weighted by Gasteiger charge is -2.07. The number of nitrogens with zero attached hydrogens (tertiary/aromatic N) is 1. The summed E-state index contributed by atoms with van der Waals surface area (Å²) in [5.74, 6) is -2.02. The second-order valence-corrected chi connectivity index (χ2v) is 4.58. The van der Waals surface area contributed by atoms with Gasteiger partial charge in [0.05, 0.1) is 11.6 Å². The predicted molar refractivity (Wildman–Crippen MR) is 87.3 cm³/mol. The van der Waals surface area contributed by atoms with Gasteiger partial charge in [-0.05, 0) is 24.3 Å². The lowest BCUT2D eigenvalue weighted by molar-refractivity contribution is -0.123. The van der Waals surface area contributed by atoms with E-state index < -0.39 is 30.4 Å². The number of imide groups is 1. The molecule has 9 heteroatoms. The summed E-state index contributed by atoms with van der Waals surface area (Å²) in [7, 11) is 0. The van der Waals surface area contributed by atoms with Crippen molar-refractivity contribution >= 4 is 29.5 Å². The number of urea groups is 1. The normalized spacial score (nSPS) is 9.24. The quantitative estimate of drug-likeness (QED) is 0.492. The number of hydrogen-bond donors (Lipinski definition) is 3. The molecule has 3 N–H and O–H groups in total. The molecular weight excluding hydrogens is 328 g/mol. The van der Waals surface area contributed by atoms with Gasteiger partial charge >= 0.3 is 12.0 Å². The molecule has 0 bridgehead atoms. The molecule has 130 valence electrons. The molecule has 0 radical (unpaired) electrons. The average molecular weight is 344 g/mol. The minimum atomic E-state index is -0.782. The van der Waals surface area contributed by atoms with Crippen LogP contribution in [0.4, 0.5) is 10.5 Å². The molecule has 0 aliphatic rings. The highest BCUT2D eigenvalue weighted by Crippen LogP contribution is 2.10. The van der Waals surface area contributed by atoms with Crippen molar-refractivity contribution < 1.29 is 23.9 Å². The molecule has 1 aromatic rings. The first-order chi connectivity index (χ1) is 12.0. The molecular formula is C16H16N4O5. The van der Waals surface area contributed by atoms with Crippen molar-refractivity contribution in [3.63, 3.8) is 0 Å². The van der Waals surface area contributed by atoms with Crippen molar-refractivity contribution in [1.82, 2.24) is 10.6 Å². The fourth-order valence-corrected chi connectivity index (χ4v) is 1.55. The monoisotopic (exact) mass is 344 g/mol. The van der Waals surface area contributed by atoms with Crippen molar-refractivity contribution in [2.45, 2.75) is 6.42 Å². The number of esters is 1. The molecule has 0 aromatic heterocycles. The third kappa shape index (κ3) is 7.43. The molecule has 0 heterocycles. The summed E-state index contributed by atoms with van der Waals surface area (Å²) in [5.41, 5.74) is 0.565. The van der Waals surface area contributed by atoms with Crippen molar-refractivity contribution in [2.75, 3.05) is 18.5 Å². The first-order valence-electron chi connectivity index (χ1n) is 7.08. The number of nitriles is 1. The number of benzene rings is 1. The Morgan fingerprint density at radius 1 is 1.16 bits per heavy atom. The number of nitrogens with one attached hydrogen (secondary N) is 3. The van der Waals surface area contributed by atoms with Crippen LogP contribution in [0.15, 0.2) is 36.9 Å². The molecule has 1 rings (SSSR count). The Balaban J connectivity index is 2.45. The summed E-state index contributed by atoms with van der Waals surface area (Å²) in [4.78, 5) is 45.7. The fraction of sp³-hybridized carbons (Fsp3) is 0.188. The molecule has 0 spiro atoms. The van der Waals surface area contributed by atoms with Crippen LogP contribution in [0.1, 0.15) is 16.8 Å². The van der Waals surface area contributed by atoms with Gasteiger partial charge in [0, 0.05) is 12.2 Å². The third-order valence-electron chi connectivity index (χ3n) is 2.64. The van der Waals surface area contributed by atoms with E-state index in [1.54, 1.807) is 6.07 Å². The van der Waals surface area contributed by atoms with Crippen LogP contribution < -0.4 is 16.0 Å². The standard InChI is InChI=1S/C16H16N4O5/c1-2-9-18-16(24)20-14(22)10-25-15(23)11-3-5-12(6-4-11)19-13(21)7-8-17/h2-6H,1,7,9-10H2,(H,19,21)(H2,18,20,22,24). The van der Waals surface area contributed by atoms with Gasteiger partial charge in [0.1, 0.15) is 6.42 Å². The number of rotatable bonds is 7. The van der Waals surface area contributed by atoms with Crippen molar-refractivity contribution in [3.05, 3.63) is 42.5 Å².